The van der Waals surface area contributed by atoms with E-state index in [1.807, 2.05) is 0 Å². The van der Waals surface area contributed by atoms with E-state index in [9.17, 15) is 4.39 Å². The van der Waals surface area contributed by atoms with Crippen LogP contribution in [-0.4, -0.2) is 14.8 Å². The molecule has 2 heterocycles. The maximum absolute atomic E-state index is 12.6. The second kappa shape index (κ2) is 2.97. The summed E-state index contributed by atoms with van der Waals surface area (Å²) in [7, 11) is 0. The molecular formula is C9H7FN3. The van der Waals surface area contributed by atoms with E-state index in [0.717, 1.165) is 11.8 Å². The Balaban J connectivity index is 2.41. The highest BCUT2D eigenvalue weighted by molar-refractivity contribution is 5.25. The molecule has 4 heteroatoms. The smallest absolute Gasteiger partial charge is 0.161 e. The average molecular weight is 176 g/mol. The van der Waals surface area contributed by atoms with E-state index in [4.69, 9.17) is 0 Å². The zero-order valence-corrected chi connectivity index (χ0v) is 6.81. The summed E-state index contributed by atoms with van der Waals surface area (Å²) >= 11 is 0. The molecule has 0 aromatic carbocycles. The molecule has 0 saturated heterocycles. The lowest BCUT2D eigenvalue weighted by Gasteiger charge is -1.98. The Kier molecular flexibility index (Phi) is 1.81. The van der Waals surface area contributed by atoms with Crippen LogP contribution < -0.4 is 0 Å². The summed E-state index contributed by atoms with van der Waals surface area (Å²) in [6, 6.07) is 3.52. The molecule has 0 aliphatic rings. The molecule has 0 spiro atoms. The van der Waals surface area contributed by atoms with Crippen LogP contribution in [0.4, 0.5) is 4.39 Å². The zero-order valence-electron chi connectivity index (χ0n) is 6.81. The summed E-state index contributed by atoms with van der Waals surface area (Å²) in [5.74, 6) is 0.205. The van der Waals surface area contributed by atoms with E-state index in [-0.39, 0.29) is 5.82 Å². The van der Waals surface area contributed by atoms with Crippen LogP contribution in [0.3, 0.4) is 0 Å². The number of hydrogen-bond donors (Lipinski definition) is 0. The second-order valence-electron chi connectivity index (χ2n) is 2.63. The molecule has 2 aromatic rings. The predicted molar refractivity (Wildman–Crippen MR) is 45.8 cm³/mol. The van der Waals surface area contributed by atoms with E-state index >= 15 is 0 Å². The minimum atomic E-state index is -0.375. The van der Waals surface area contributed by atoms with Crippen LogP contribution in [0, 0.1) is 12.7 Å². The van der Waals surface area contributed by atoms with E-state index in [2.05, 4.69) is 17.0 Å². The molecule has 0 bridgehead atoms. The van der Waals surface area contributed by atoms with Gasteiger partial charge in [-0.2, -0.15) is 5.10 Å². The van der Waals surface area contributed by atoms with Gasteiger partial charge in [-0.05, 0) is 18.6 Å². The first-order valence-corrected chi connectivity index (χ1v) is 3.74. The fraction of sp³-hybridized carbons (Fsp3) is 0. The van der Waals surface area contributed by atoms with Crippen molar-refractivity contribution in [2.24, 2.45) is 0 Å². The molecule has 0 aliphatic heterocycles. The van der Waals surface area contributed by atoms with Crippen molar-refractivity contribution in [3.05, 3.63) is 49.0 Å². The van der Waals surface area contributed by atoms with Gasteiger partial charge < -0.3 is 0 Å². The number of pyridine rings is 1. The van der Waals surface area contributed by atoms with Crippen LogP contribution >= 0.6 is 0 Å². The molecule has 2 rings (SSSR count). The third kappa shape index (κ3) is 1.56. The maximum atomic E-state index is 12.6. The van der Waals surface area contributed by atoms with Gasteiger partial charge in [-0.15, -0.1) is 0 Å². The SMILES string of the molecule is [CH2]c1ccc(-n2cc(F)cn2)nc1. The summed E-state index contributed by atoms with van der Waals surface area (Å²) in [5, 5.41) is 3.77. The minimum absolute atomic E-state index is 0.375. The van der Waals surface area contributed by atoms with Gasteiger partial charge in [-0.3, -0.25) is 0 Å². The summed E-state index contributed by atoms with van der Waals surface area (Å²) in [6.07, 6.45) is 4.01. The van der Waals surface area contributed by atoms with Crippen molar-refractivity contribution in [1.29, 1.82) is 0 Å². The van der Waals surface area contributed by atoms with Gasteiger partial charge in [0.05, 0.1) is 12.4 Å². The highest BCUT2D eigenvalue weighted by Gasteiger charge is 1.99. The van der Waals surface area contributed by atoms with Crippen molar-refractivity contribution in [2.75, 3.05) is 0 Å². The fourth-order valence-electron chi connectivity index (χ4n) is 0.978. The summed E-state index contributed by atoms with van der Waals surface area (Å²) < 4.78 is 13.9. The average Bonchev–Trinajstić information content (AvgIpc) is 2.53. The Morgan fingerprint density at radius 2 is 2.15 bits per heavy atom. The molecule has 1 radical (unpaired) electrons. The number of rotatable bonds is 1. The molecule has 13 heavy (non-hydrogen) atoms. The largest absolute Gasteiger partial charge is 0.237 e. The molecule has 65 valence electrons. The number of hydrogen-bond acceptors (Lipinski definition) is 2. The molecule has 0 N–H and O–H groups in total. The molecule has 0 fully saturated rings. The summed E-state index contributed by atoms with van der Waals surface area (Å²) in [4.78, 5) is 4.03. The van der Waals surface area contributed by atoms with Gasteiger partial charge in [0.15, 0.2) is 11.6 Å². The molecule has 0 amide bonds. The van der Waals surface area contributed by atoms with E-state index < -0.39 is 0 Å². The van der Waals surface area contributed by atoms with Gasteiger partial charge in [-0.25, -0.2) is 14.1 Å². The van der Waals surface area contributed by atoms with Crippen LogP contribution in [0.5, 0.6) is 0 Å². The highest BCUT2D eigenvalue weighted by atomic mass is 19.1. The highest BCUT2D eigenvalue weighted by Crippen LogP contribution is 2.04. The van der Waals surface area contributed by atoms with Crippen molar-refractivity contribution < 1.29 is 4.39 Å². The summed E-state index contributed by atoms with van der Waals surface area (Å²) in [6.45, 7) is 3.69. The Bertz CT molecular complexity index is 405. The molecule has 2 aromatic heterocycles. The molecule has 0 saturated carbocycles. The predicted octanol–water partition coefficient (Wildman–Crippen LogP) is 1.59. The van der Waals surface area contributed by atoms with Gasteiger partial charge in [-0.1, -0.05) is 6.07 Å². The zero-order chi connectivity index (χ0) is 9.26. The van der Waals surface area contributed by atoms with E-state index in [1.54, 1.807) is 18.3 Å². The van der Waals surface area contributed by atoms with Crippen molar-refractivity contribution in [3.63, 3.8) is 0 Å². The molecule has 0 unspecified atom stereocenters. The number of halogens is 1. The lowest BCUT2D eigenvalue weighted by atomic mass is 10.3. The Morgan fingerprint density at radius 3 is 2.69 bits per heavy atom. The molecule has 0 atom stereocenters. The van der Waals surface area contributed by atoms with Crippen molar-refractivity contribution in [2.45, 2.75) is 0 Å². The van der Waals surface area contributed by atoms with Gasteiger partial charge in [0.1, 0.15) is 0 Å². The van der Waals surface area contributed by atoms with Crippen molar-refractivity contribution >= 4 is 0 Å². The Labute approximate surface area is 74.8 Å². The van der Waals surface area contributed by atoms with Gasteiger partial charge >= 0.3 is 0 Å². The molecule has 3 nitrogen and oxygen atoms in total. The number of nitrogens with zero attached hydrogens (tertiary/aromatic N) is 3. The molecule has 0 aliphatic carbocycles. The van der Waals surface area contributed by atoms with Crippen LogP contribution in [0.2, 0.25) is 0 Å². The summed E-state index contributed by atoms with van der Waals surface area (Å²) in [5.41, 5.74) is 0.816. The fourth-order valence-corrected chi connectivity index (χ4v) is 0.978. The Morgan fingerprint density at radius 1 is 1.31 bits per heavy atom. The normalized spacial score (nSPS) is 10.3. The van der Waals surface area contributed by atoms with Crippen LogP contribution in [0.1, 0.15) is 5.56 Å². The standard InChI is InChI=1S/C9H7FN3/c1-7-2-3-9(11-4-7)13-6-8(10)5-12-13/h2-6H,1H2. The van der Waals surface area contributed by atoms with Crippen LogP contribution in [0.25, 0.3) is 5.82 Å². The first kappa shape index (κ1) is 7.91. The third-order valence-corrected chi connectivity index (χ3v) is 1.59. The van der Waals surface area contributed by atoms with Crippen molar-refractivity contribution in [1.82, 2.24) is 14.8 Å². The van der Waals surface area contributed by atoms with Crippen LogP contribution in [-0.2, 0) is 0 Å². The second-order valence-corrected chi connectivity index (χ2v) is 2.63. The molecular weight excluding hydrogens is 169 g/mol. The lowest BCUT2D eigenvalue weighted by molar-refractivity contribution is 0.627. The minimum Gasteiger partial charge on any atom is -0.237 e. The number of aromatic nitrogens is 3. The first-order valence-electron chi connectivity index (χ1n) is 3.74. The van der Waals surface area contributed by atoms with Crippen LogP contribution in [0.15, 0.2) is 30.7 Å². The van der Waals surface area contributed by atoms with Gasteiger partial charge in [0.2, 0.25) is 0 Å². The lowest BCUT2D eigenvalue weighted by Crippen LogP contribution is -1.96. The topological polar surface area (TPSA) is 30.7 Å². The van der Waals surface area contributed by atoms with Gasteiger partial charge in [0.25, 0.3) is 0 Å². The quantitative estimate of drug-likeness (QED) is 0.660. The first-order chi connectivity index (χ1) is 6.25. The monoisotopic (exact) mass is 176 g/mol. The van der Waals surface area contributed by atoms with E-state index in [1.165, 1.54) is 10.9 Å². The van der Waals surface area contributed by atoms with E-state index in [0.29, 0.717) is 5.82 Å². The van der Waals surface area contributed by atoms with Crippen molar-refractivity contribution in [3.8, 4) is 5.82 Å². The maximum Gasteiger partial charge on any atom is 0.161 e. The van der Waals surface area contributed by atoms with Gasteiger partial charge in [0, 0.05) is 6.20 Å². The third-order valence-electron chi connectivity index (χ3n) is 1.59. The Hall–Kier alpha value is -1.71.